The highest BCUT2D eigenvalue weighted by molar-refractivity contribution is 7.89. The molecule has 0 bridgehead atoms. The summed E-state index contributed by atoms with van der Waals surface area (Å²) >= 11 is 6.49. The summed E-state index contributed by atoms with van der Waals surface area (Å²) in [5.74, 6) is -1.04. The normalized spacial score (nSPS) is 18.0. The third kappa shape index (κ3) is 3.77. The highest BCUT2D eigenvalue weighted by atomic mass is 35.5. The van der Waals surface area contributed by atoms with Crippen molar-refractivity contribution in [3.8, 4) is 0 Å². The molecule has 6 heteroatoms. The molecule has 0 saturated carbocycles. The summed E-state index contributed by atoms with van der Waals surface area (Å²) in [7, 11) is -0.143. The Kier molecular flexibility index (Phi) is 6.06. The summed E-state index contributed by atoms with van der Waals surface area (Å²) in [6, 6.07) is 14.8. The number of halogens is 1. The first-order valence-electron chi connectivity index (χ1n) is 8.85. The van der Waals surface area contributed by atoms with Crippen LogP contribution in [0.1, 0.15) is 30.9 Å². The lowest BCUT2D eigenvalue weighted by Crippen LogP contribution is -2.30. The van der Waals surface area contributed by atoms with Crippen LogP contribution in [0.5, 0.6) is 0 Å². The summed E-state index contributed by atoms with van der Waals surface area (Å²) in [6.45, 7) is 5.65. The van der Waals surface area contributed by atoms with Crippen LogP contribution in [-0.4, -0.2) is 17.3 Å². The summed E-state index contributed by atoms with van der Waals surface area (Å²) in [4.78, 5) is 13.9. The SMILES string of the molecule is COC(=O)C1=C(C)NC(C)=C(S(=O)c2ccc(C)cc2)[C@@H]1c1ccccc1Cl. The molecule has 2 aromatic carbocycles. The van der Waals surface area contributed by atoms with Gasteiger partial charge in [0.25, 0.3) is 0 Å². The average Bonchev–Trinajstić information content (AvgIpc) is 2.67. The second kappa shape index (κ2) is 8.33. The van der Waals surface area contributed by atoms with E-state index in [-0.39, 0.29) is 0 Å². The lowest BCUT2D eigenvalue weighted by atomic mass is 9.86. The molecule has 1 heterocycles. The summed E-state index contributed by atoms with van der Waals surface area (Å²) in [5.41, 5.74) is 3.63. The molecule has 2 atom stereocenters. The van der Waals surface area contributed by atoms with Crippen LogP contribution >= 0.6 is 11.6 Å². The van der Waals surface area contributed by atoms with E-state index in [1.807, 2.05) is 63.2 Å². The molecule has 0 radical (unpaired) electrons. The van der Waals surface area contributed by atoms with Crippen molar-refractivity contribution in [1.82, 2.24) is 5.32 Å². The number of carbonyl (C=O) groups is 1. The molecule has 3 rings (SSSR count). The van der Waals surface area contributed by atoms with Gasteiger partial charge in [-0.05, 0) is 44.5 Å². The van der Waals surface area contributed by atoms with Crippen molar-refractivity contribution in [1.29, 1.82) is 0 Å². The Balaban J connectivity index is 2.22. The minimum atomic E-state index is -1.48. The van der Waals surface area contributed by atoms with E-state index in [4.69, 9.17) is 16.3 Å². The first kappa shape index (κ1) is 20.4. The van der Waals surface area contributed by atoms with Crippen LogP contribution in [0.3, 0.4) is 0 Å². The fourth-order valence-electron chi connectivity index (χ4n) is 3.40. The van der Waals surface area contributed by atoms with E-state index in [1.165, 1.54) is 7.11 Å². The molecule has 146 valence electrons. The maximum Gasteiger partial charge on any atom is 0.336 e. The number of dihydropyridines is 1. The average molecular weight is 416 g/mol. The van der Waals surface area contributed by atoms with Crippen molar-refractivity contribution >= 4 is 28.4 Å². The van der Waals surface area contributed by atoms with E-state index in [9.17, 15) is 9.00 Å². The lowest BCUT2D eigenvalue weighted by molar-refractivity contribution is -0.136. The Bertz CT molecular complexity index is 1010. The molecular formula is C22H22ClNO3S. The topological polar surface area (TPSA) is 55.4 Å². The first-order valence-corrected chi connectivity index (χ1v) is 10.4. The molecule has 0 spiro atoms. The zero-order valence-corrected chi connectivity index (χ0v) is 17.8. The number of nitrogens with one attached hydrogen (secondary N) is 1. The van der Waals surface area contributed by atoms with Crippen LogP contribution < -0.4 is 5.32 Å². The molecule has 0 fully saturated rings. The van der Waals surface area contributed by atoms with E-state index in [2.05, 4.69) is 5.32 Å². The first-order chi connectivity index (χ1) is 13.3. The molecule has 1 aliphatic rings. The van der Waals surface area contributed by atoms with E-state index >= 15 is 0 Å². The number of benzene rings is 2. The Morgan fingerprint density at radius 3 is 2.29 bits per heavy atom. The minimum Gasteiger partial charge on any atom is -0.466 e. The number of aryl methyl sites for hydroxylation is 1. The van der Waals surface area contributed by atoms with Crippen molar-refractivity contribution < 1.29 is 13.7 Å². The fourth-order valence-corrected chi connectivity index (χ4v) is 5.07. The van der Waals surface area contributed by atoms with Gasteiger partial charge in [-0.1, -0.05) is 47.5 Å². The second-order valence-electron chi connectivity index (χ2n) is 6.68. The van der Waals surface area contributed by atoms with Gasteiger partial charge in [0.15, 0.2) is 0 Å². The highest BCUT2D eigenvalue weighted by Gasteiger charge is 2.37. The van der Waals surface area contributed by atoms with E-state index < -0.39 is 22.7 Å². The van der Waals surface area contributed by atoms with E-state index in [0.717, 1.165) is 16.8 Å². The molecule has 0 aromatic heterocycles. The van der Waals surface area contributed by atoms with Crippen LogP contribution in [-0.2, 0) is 20.3 Å². The monoisotopic (exact) mass is 415 g/mol. The van der Waals surface area contributed by atoms with Crippen molar-refractivity contribution in [2.24, 2.45) is 0 Å². The summed E-state index contributed by atoms with van der Waals surface area (Å²) < 4.78 is 18.6. The molecule has 1 unspecified atom stereocenters. The molecule has 0 saturated heterocycles. The second-order valence-corrected chi connectivity index (χ2v) is 8.54. The fraction of sp³-hybridized carbons (Fsp3) is 0.227. The smallest absolute Gasteiger partial charge is 0.336 e. The third-order valence-electron chi connectivity index (χ3n) is 4.76. The number of hydrogen-bond acceptors (Lipinski definition) is 4. The molecule has 1 aliphatic heterocycles. The molecule has 28 heavy (non-hydrogen) atoms. The molecule has 0 aliphatic carbocycles. The van der Waals surface area contributed by atoms with Crippen LogP contribution in [0.15, 0.2) is 75.3 Å². The minimum absolute atomic E-state index is 0.414. The van der Waals surface area contributed by atoms with Gasteiger partial charge in [-0.3, -0.25) is 0 Å². The third-order valence-corrected chi connectivity index (χ3v) is 6.74. The maximum atomic E-state index is 13.6. The van der Waals surface area contributed by atoms with Gasteiger partial charge in [0.05, 0.1) is 34.3 Å². The number of ether oxygens (including phenoxy) is 1. The molecule has 4 nitrogen and oxygen atoms in total. The summed E-state index contributed by atoms with van der Waals surface area (Å²) in [5, 5.41) is 3.71. The number of esters is 1. The van der Waals surface area contributed by atoms with Gasteiger partial charge in [0.1, 0.15) is 0 Å². The van der Waals surface area contributed by atoms with Gasteiger partial charge in [-0.25, -0.2) is 9.00 Å². The molecule has 1 N–H and O–H groups in total. The summed E-state index contributed by atoms with van der Waals surface area (Å²) in [6.07, 6.45) is 0. The van der Waals surface area contributed by atoms with Gasteiger partial charge < -0.3 is 10.1 Å². The maximum absolute atomic E-state index is 13.6. The van der Waals surface area contributed by atoms with Crippen molar-refractivity contribution in [2.75, 3.05) is 7.11 Å². The predicted molar refractivity (Wildman–Crippen MR) is 112 cm³/mol. The van der Waals surface area contributed by atoms with Gasteiger partial charge in [0, 0.05) is 21.3 Å². The number of rotatable bonds is 4. The Hall–Kier alpha value is -2.37. The van der Waals surface area contributed by atoms with Gasteiger partial charge in [0.2, 0.25) is 0 Å². The van der Waals surface area contributed by atoms with Gasteiger partial charge in [-0.15, -0.1) is 0 Å². The van der Waals surface area contributed by atoms with Crippen LogP contribution in [0, 0.1) is 6.92 Å². The van der Waals surface area contributed by atoms with Gasteiger partial charge in [-0.2, -0.15) is 0 Å². The largest absolute Gasteiger partial charge is 0.466 e. The quantitative estimate of drug-likeness (QED) is 0.727. The standard InChI is InChI=1S/C22H22ClNO3S/c1-13-9-11-16(12-10-13)28(26)21-15(3)24-14(2)19(22(25)27-4)20(21)17-7-5-6-8-18(17)23/h5-12,20,24H,1-4H3/t20-,28?/m1/s1. The molecule has 2 aromatic rings. The van der Waals surface area contributed by atoms with Gasteiger partial charge >= 0.3 is 5.97 Å². The Morgan fingerprint density at radius 1 is 1.04 bits per heavy atom. The molecule has 0 amide bonds. The predicted octanol–water partition coefficient (Wildman–Crippen LogP) is 4.82. The Labute approximate surface area is 172 Å². The Morgan fingerprint density at radius 2 is 1.68 bits per heavy atom. The number of allylic oxidation sites excluding steroid dienone is 3. The number of carbonyl (C=O) groups excluding carboxylic acids is 1. The van der Waals surface area contributed by atoms with Crippen molar-refractivity contribution in [3.63, 3.8) is 0 Å². The highest BCUT2D eigenvalue weighted by Crippen LogP contribution is 2.43. The van der Waals surface area contributed by atoms with E-state index in [0.29, 0.717) is 26.1 Å². The lowest BCUT2D eigenvalue weighted by Gasteiger charge is -2.31. The number of hydrogen-bond donors (Lipinski definition) is 1. The van der Waals surface area contributed by atoms with Crippen LogP contribution in [0.25, 0.3) is 0 Å². The zero-order chi connectivity index (χ0) is 20.4. The number of methoxy groups -OCH3 is 1. The van der Waals surface area contributed by atoms with Crippen LogP contribution in [0.2, 0.25) is 5.02 Å². The van der Waals surface area contributed by atoms with Crippen molar-refractivity contribution in [3.05, 3.63) is 86.6 Å². The van der Waals surface area contributed by atoms with Crippen LogP contribution in [0.4, 0.5) is 0 Å². The van der Waals surface area contributed by atoms with E-state index in [1.54, 1.807) is 6.07 Å². The molecular weight excluding hydrogens is 394 g/mol. The van der Waals surface area contributed by atoms with Crippen molar-refractivity contribution in [2.45, 2.75) is 31.6 Å². The zero-order valence-electron chi connectivity index (χ0n) is 16.2.